The molecule has 2 amide bonds. The van der Waals surface area contributed by atoms with Crippen molar-refractivity contribution in [3.8, 4) is 0 Å². The van der Waals surface area contributed by atoms with Gasteiger partial charge in [-0.05, 0) is 0 Å². The monoisotopic (exact) mass is 270 g/mol. The average Bonchev–Trinajstić information content (AvgIpc) is 2.20. The Morgan fingerprint density at radius 2 is 1.19 bits per heavy atom. The molecule has 0 saturated heterocycles. The van der Waals surface area contributed by atoms with E-state index in [2.05, 4.69) is 36.3 Å². The largest absolute Gasteiger partial charge is 1.00 e. The van der Waals surface area contributed by atoms with Gasteiger partial charge in [0.1, 0.15) is 0 Å². The molecule has 0 atom stereocenters. The number of hydrogen-bond donors (Lipinski definition) is 4. The molecule has 3 N–H and O–H groups in total. The predicted molar refractivity (Wildman–Crippen MR) is 69.6 cm³/mol. The van der Waals surface area contributed by atoms with E-state index in [1.807, 2.05) is 36.4 Å². The molecular weight excluding hydrogens is 255 g/mol. The van der Waals surface area contributed by atoms with Crippen LogP contribution in [0.15, 0.2) is 36.4 Å². The van der Waals surface area contributed by atoms with Gasteiger partial charge >= 0.3 is 29.6 Å². The Bertz CT molecular complexity index is 248. The van der Waals surface area contributed by atoms with Gasteiger partial charge in [0.25, 0.3) is 10.5 Å². The second kappa shape index (κ2) is 17.3. The first-order valence-electron chi connectivity index (χ1n) is 3.89. The summed E-state index contributed by atoms with van der Waals surface area (Å²) in [5.41, 5.74) is 4.34. The quantitative estimate of drug-likeness (QED) is 0.363. The summed E-state index contributed by atoms with van der Waals surface area (Å²) in [6.45, 7) is 0. The zero-order valence-electron chi connectivity index (χ0n) is 10.3. The number of nitrogens with two attached hydrogens (primary N) is 1. The number of rotatable bonds is 0. The smallest absolute Gasteiger partial charge is 1.00 e. The Kier molecular flexibility index (Phi) is 22.8. The minimum atomic E-state index is -0.639. The fraction of sp³-hybridized carbons (Fsp3) is 0.111. The molecule has 0 aliphatic carbocycles. The molecule has 16 heavy (non-hydrogen) atoms. The number of benzene rings is 1. The summed E-state index contributed by atoms with van der Waals surface area (Å²) < 4.78 is 0. The molecule has 86 valence electrons. The molecule has 1 aromatic rings. The Balaban J connectivity index is -0.0000000721. The Hall–Kier alpha value is -0.140. The van der Waals surface area contributed by atoms with Crippen LogP contribution in [0.5, 0.6) is 0 Å². The van der Waals surface area contributed by atoms with Crippen molar-refractivity contribution in [1.82, 2.24) is 5.32 Å². The van der Waals surface area contributed by atoms with Crippen molar-refractivity contribution in [2.45, 2.75) is 0 Å². The molecule has 4 nitrogen and oxygen atoms in total. The van der Waals surface area contributed by atoms with E-state index < -0.39 is 5.24 Å². The summed E-state index contributed by atoms with van der Waals surface area (Å²) in [7, 11) is 1.52. The molecule has 0 radical (unpaired) electrons. The number of carbonyl (C=O) groups is 2. The molecule has 0 saturated carbocycles. The van der Waals surface area contributed by atoms with Crippen LogP contribution in [0.1, 0.15) is 1.43 Å². The second-order valence-corrected chi connectivity index (χ2v) is 2.90. The van der Waals surface area contributed by atoms with Crippen LogP contribution in [-0.2, 0) is 0 Å². The Labute approximate surface area is 130 Å². The number of hydrogen-bond acceptors (Lipinski definition) is 2. The first-order chi connectivity index (χ1) is 7.00. The third-order valence-corrected chi connectivity index (χ3v) is 1.10. The minimum Gasteiger partial charge on any atom is -1.00 e. The Morgan fingerprint density at radius 3 is 1.25 bits per heavy atom. The first kappa shape index (κ1) is 21.2. The number of primary amides is 1. The minimum absolute atomic E-state index is 0. The van der Waals surface area contributed by atoms with E-state index in [0.717, 1.165) is 0 Å². The molecule has 0 spiro atoms. The van der Waals surface area contributed by atoms with Gasteiger partial charge < -0.3 is 12.5 Å². The molecule has 1 aromatic carbocycles. The van der Waals surface area contributed by atoms with Gasteiger partial charge in [-0.3, -0.25) is 9.59 Å². The molecule has 1 rings (SSSR count). The molecule has 0 aliphatic rings. The van der Waals surface area contributed by atoms with E-state index in [0.29, 0.717) is 0 Å². The number of carbonyl (C=O) groups excluding carboxylic acids is 2. The predicted octanol–water partition coefficient (Wildman–Crippen LogP) is -0.946. The maximum absolute atomic E-state index is 9.57. The first-order valence-corrected chi connectivity index (χ1v) is 4.79. The van der Waals surface area contributed by atoms with Crippen LogP contribution < -0.4 is 40.6 Å². The van der Waals surface area contributed by atoms with Gasteiger partial charge in [0.15, 0.2) is 0 Å². The van der Waals surface area contributed by atoms with Crippen molar-refractivity contribution in [1.29, 1.82) is 0 Å². The normalized spacial score (nSPS) is 6.69. The number of thiol groups is 2. The van der Waals surface area contributed by atoms with Gasteiger partial charge in [0, 0.05) is 7.05 Å². The second-order valence-electron chi connectivity index (χ2n) is 2.05. The summed E-state index contributed by atoms with van der Waals surface area (Å²) in [5, 5.41) is 1.31. The van der Waals surface area contributed by atoms with Crippen molar-refractivity contribution >= 4 is 35.7 Å². The van der Waals surface area contributed by atoms with E-state index in [4.69, 9.17) is 4.79 Å². The van der Waals surface area contributed by atoms with E-state index in [1.165, 1.54) is 7.05 Å². The standard InChI is InChI=1S/C6H6.C2H5NOS.CH3NOS.Na.H/c1-2-4-6-5-3-1;1-3-2(4)5;2-1(3)4;;/h1-6H;1H3,(H2,3,4,5);(H3,2,3,4);;/q;;;+1;-1. The average molecular weight is 270 g/mol. The van der Waals surface area contributed by atoms with Crippen LogP contribution in [-0.4, -0.2) is 17.5 Å². The zero-order valence-corrected chi connectivity index (χ0v) is 13.0. The van der Waals surface area contributed by atoms with E-state index >= 15 is 0 Å². The molecule has 7 heteroatoms. The van der Waals surface area contributed by atoms with Crippen molar-refractivity contribution in [2.75, 3.05) is 7.05 Å². The van der Waals surface area contributed by atoms with Crippen LogP contribution in [0.3, 0.4) is 0 Å². The van der Waals surface area contributed by atoms with Crippen LogP contribution >= 0.6 is 25.3 Å². The fourth-order valence-electron chi connectivity index (χ4n) is 0.385. The molecule has 0 bridgehead atoms. The molecular formula is C9H15N2NaO2S2. The summed E-state index contributed by atoms with van der Waals surface area (Å²) in [5.74, 6) is 0. The van der Waals surface area contributed by atoms with Gasteiger partial charge in [0.05, 0.1) is 0 Å². The number of amides is 2. The van der Waals surface area contributed by atoms with Crippen LogP contribution in [0, 0.1) is 0 Å². The molecule has 0 heterocycles. The molecule has 0 aliphatic heterocycles. The van der Waals surface area contributed by atoms with Crippen LogP contribution in [0.25, 0.3) is 0 Å². The fourth-order valence-corrected chi connectivity index (χ4v) is 0.385. The van der Waals surface area contributed by atoms with Gasteiger partial charge in [-0.1, -0.05) is 61.7 Å². The summed E-state index contributed by atoms with van der Waals surface area (Å²) in [6, 6.07) is 12.0. The third kappa shape index (κ3) is 37.1. The van der Waals surface area contributed by atoms with Crippen LogP contribution in [0.4, 0.5) is 9.59 Å². The number of nitrogens with one attached hydrogen (secondary N) is 1. The van der Waals surface area contributed by atoms with Crippen molar-refractivity contribution < 1.29 is 40.6 Å². The molecule has 0 aromatic heterocycles. The summed E-state index contributed by atoms with van der Waals surface area (Å²) in [4.78, 5) is 18.7. The summed E-state index contributed by atoms with van der Waals surface area (Å²) >= 11 is 6.45. The topological polar surface area (TPSA) is 72.2 Å². The third-order valence-electron chi connectivity index (χ3n) is 0.881. The maximum Gasteiger partial charge on any atom is 1.00 e. The van der Waals surface area contributed by atoms with Crippen molar-refractivity contribution in [3.63, 3.8) is 0 Å². The zero-order chi connectivity index (χ0) is 12.1. The van der Waals surface area contributed by atoms with Crippen LogP contribution in [0.2, 0.25) is 0 Å². The van der Waals surface area contributed by atoms with Gasteiger partial charge in [0.2, 0.25) is 0 Å². The summed E-state index contributed by atoms with van der Waals surface area (Å²) in [6.07, 6.45) is 0. The van der Waals surface area contributed by atoms with E-state index in [9.17, 15) is 4.79 Å². The van der Waals surface area contributed by atoms with Crippen molar-refractivity contribution in [2.24, 2.45) is 5.73 Å². The van der Waals surface area contributed by atoms with Gasteiger partial charge in [-0.2, -0.15) is 0 Å². The van der Waals surface area contributed by atoms with E-state index in [1.54, 1.807) is 0 Å². The SMILES string of the molecule is CNC(=O)S.NC(=O)S.[H-].[Na+].c1ccccc1. The van der Waals surface area contributed by atoms with Gasteiger partial charge in [-0.25, -0.2) is 0 Å². The molecule has 0 fully saturated rings. The Morgan fingerprint density at radius 1 is 1.06 bits per heavy atom. The van der Waals surface area contributed by atoms with Crippen molar-refractivity contribution in [3.05, 3.63) is 36.4 Å². The molecule has 0 unspecified atom stereocenters. The van der Waals surface area contributed by atoms with E-state index in [-0.39, 0.29) is 36.2 Å². The van der Waals surface area contributed by atoms with Gasteiger partial charge in [-0.15, -0.1) is 0 Å². The maximum atomic E-state index is 9.57.